The molecule has 1 aromatic heterocycles. The molecule has 1 saturated heterocycles. The Morgan fingerprint density at radius 2 is 1.85 bits per heavy atom. The third-order valence-electron chi connectivity index (χ3n) is 4.30. The van der Waals surface area contributed by atoms with Gasteiger partial charge in [0.2, 0.25) is 0 Å². The monoisotopic (exact) mass is 369 g/mol. The van der Waals surface area contributed by atoms with Crippen LogP contribution in [-0.4, -0.2) is 42.2 Å². The molecule has 3 rings (SSSR count). The molecule has 0 aliphatic carbocycles. The lowest BCUT2D eigenvalue weighted by atomic mass is 10.1. The number of hydrogen-bond acceptors (Lipinski definition) is 8. The predicted octanol–water partition coefficient (Wildman–Crippen LogP) is 2.84. The summed E-state index contributed by atoms with van der Waals surface area (Å²) in [5.41, 5.74) is 12.1. The van der Waals surface area contributed by atoms with Crippen LogP contribution in [-0.2, 0) is 0 Å². The number of nitrogen functional groups attached to an aromatic ring is 2. The second-order valence-electron chi connectivity index (χ2n) is 6.42. The van der Waals surface area contributed by atoms with Crippen molar-refractivity contribution in [1.29, 1.82) is 0 Å². The smallest absolute Gasteiger partial charge is 0.408 e. The normalized spacial score (nSPS) is 15.7. The molecule has 0 atom stereocenters. The summed E-state index contributed by atoms with van der Waals surface area (Å²) in [6, 6.07) is 10.2. The lowest BCUT2D eigenvalue weighted by Gasteiger charge is -2.29. The molecule has 9 heteroatoms. The second-order valence-corrected chi connectivity index (χ2v) is 6.42. The minimum absolute atomic E-state index is 0.114. The fraction of sp³-hybridized carbons (Fsp3) is 0.333. The predicted molar refractivity (Wildman–Crippen MR) is 103 cm³/mol. The van der Waals surface area contributed by atoms with Gasteiger partial charge in [0.05, 0.1) is 0 Å². The number of amides is 1. The minimum atomic E-state index is -0.499. The quantitative estimate of drug-likeness (QED) is 0.710. The van der Waals surface area contributed by atoms with Gasteiger partial charge in [0.1, 0.15) is 17.2 Å². The van der Waals surface area contributed by atoms with Crippen LogP contribution >= 0.6 is 0 Å². The van der Waals surface area contributed by atoms with E-state index in [1.54, 1.807) is 36.4 Å². The van der Waals surface area contributed by atoms with Crippen LogP contribution in [0.15, 0.2) is 46.6 Å². The zero-order valence-corrected chi connectivity index (χ0v) is 15.1. The van der Waals surface area contributed by atoms with Gasteiger partial charge in [-0.15, -0.1) is 10.2 Å². The third-order valence-corrected chi connectivity index (χ3v) is 4.30. The first kappa shape index (κ1) is 18.6. The van der Waals surface area contributed by atoms with Gasteiger partial charge < -0.3 is 26.4 Å². The number of azo groups is 1. The van der Waals surface area contributed by atoms with Crippen LogP contribution in [0.25, 0.3) is 0 Å². The Bertz CT molecular complexity index is 832. The SMILES string of the molecule is CN1CCC(NC(=O)Oc2ccccc2/N=N/c2ccc(N)nc2N)CC1. The van der Waals surface area contributed by atoms with Crippen LogP contribution in [0.4, 0.5) is 27.8 Å². The van der Waals surface area contributed by atoms with Crippen molar-refractivity contribution >= 4 is 29.1 Å². The summed E-state index contributed by atoms with van der Waals surface area (Å²) in [6.07, 6.45) is 1.30. The molecule has 5 N–H and O–H groups in total. The van der Waals surface area contributed by atoms with E-state index in [-0.39, 0.29) is 11.9 Å². The topological polar surface area (TPSA) is 131 Å². The fourth-order valence-electron chi connectivity index (χ4n) is 2.75. The fourth-order valence-corrected chi connectivity index (χ4v) is 2.75. The number of para-hydroxylation sites is 1. The number of carbonyl (C=O) groups excluding carboxylic acids is 1. The highest BCUT2D eigenvalue weighted by Crippen LogP contribution is 2.30. The highest BCUT2D eigenvalue weighted by molar-refractivity contribution is 5.73. The van der Waals surface area contributed by atoms with Gasteiger partial charge >= 0.3 is 6.09 Å². The van der Waals surface area contributed by atoms with Gasteiger partial charge in [-0.3, -0.25) is 0 Å². The Hall–Kier alpha value is -3.20. The molecule has 27 heavy (non-hydrogen) atoms. The number of ether oxygens (including phenoxy) is 1. The van der Waals surface area contributed by atoms with E-state index in [4.69, 9.17) is 16.2 Å². The van der Waals surface area contributed by atoms with Crippen molar-refractivity contribution < 1.29 is 9.53 Å². The van der Waals surface area contributed by atoms with Crippen LogP contribution in [0.2, 0.25) is 0 Å². The summed E-state index contributed by atoms with van der Waals surface area (Å²) in [7, 11) is 2.07. The Kier molecular flexibility index (Phi) is 5.82. The number of hydrogen-bond donors (Lipinski definition) is 3. The third kappa shape index (κ3) is 5.14. The average Bonchev–Trinajstić information content (AvgIpc) is 2.64. The number of benzene rings is 1. The molecule has 142 valence electrons. The average molecular weight is 369 g/mol. The molecule has 0 saturated carbocycles. The molecular weight excluding hydrogens is 346 g/mol. The maximum absolute atomic E-state index is 12.2. The van der Waals surface area contributed by atoms with Crippen LogP contribution in [0, 0.1) is 0 Å². The standard InChI is InChI=1S/C18H23N7O2/c1-25-10-8-12(9-11-25)21-18(26)27-15-5-3-2-4-13(15)23-24-14-6-7-16(19)22-17(14)20/h2-7,12H,8-11H2,1H3,(H,21,26)(H4,19,20,22)/b24-23+. The van der Waals surface area contributed by atoms with Gasteiger partial charge in [-0.05, 0) is 57.2 Å². The minimum Gasteiger partial charge on any atom is -0.408 e. The van der Waals surface area contributed by atoms with E-state index in [0.29, 0.717) is 22.9 Å². The van der Waals surface area contributed by atoms with Gasteiger partial charge in [-0.25, -0.2) is 9.78 Å². The molecule has 1 aliphatic heterocycles. The summed E-state index contributed by atoms with van der Waals surface area (Å²) in [5, 5.41) is 11.1. The van der Waals surface area contributed by atoms with Crippen LogP contribution in [0.3, 0.4) is 0 Å². The molecule has 1 aliphatic rings. The van der Waals surface area contributed by atoms with Crippen molar-refractivity contribution in [3.63, 3.8) is 0 Å². The maximum atomic E-state index is 12.2. The summed E-state index contributed by atoms with van der Waals surface area (Å²) < 4.78 is 5.43. The van der Waals surface area contributed by atoms with Crippen LogP contribution in [0.5, 0.6) is 5.75 Å². The van der Waals surface area contributed by atoms with Crippen molar-refractivity contribution in [3.8, 4) is 5.75 Å². The molecule has 2 heterocycles. The first-order chi connectivity index (χ1) is 13.0. The van der Waals surface area contributed by atoms with E-state index in [2.05, 4.69) is 32.5 Å². The number of nitrogens with two attached hydrogens (primary N) is 2. The van der Waals surface area contributed by atoms with Crippen molar-refractivity contribution in [2.75, 3.05) is 31.6 Å². The molecule has 0 spiro atoms. The zero-order valence-electron chi connectivity index (χ0n) is 15.1. The number of pyridine rings is 1. The Morgan fingerprint density at radius 3 is 2.59 bits per heavy atom. The number of rotatable bonds is 4. The first-order valence-electron chi connectivity index (χ1n) is 8.71. The van der Waals surface area contributed by atoms with Gasteiger partial charge in [0.25, 0.3) is 0 Å². The Labute approximate surface area is 157 Å². The molecule has 2 aromatic rings. The van der Waals surface area contributed by atoms with Gasteiger partial charge in [0.15, 0.2) is 11.6 Å². The molecule has 0 radical (unpaired) electrons. The second kappa shape index (κ2) is 8.45. The summed E-state index contributed by atoms with van der Waals surface area (Å²) in [4.78, 5) is 18.4. The molecule has 1 amide bonds. The zero-order chi connectivity index (χ0) is 19.2. The number of carbonyl (C=O) groups is 1. The number of aromatic nitrogens is 1. The number of likely N-dealkylation sites (tertiary alicyclic amines) is 1. The largest absolute Gasteiger partial charge is 0.412 e. The molecule has 9 nitrogen and oxygen atoms in total. The lowest BCUT2D eigenvalue weighted by molar-refractivity contribution is 0.182. The van der Waals surface area contributed by atoms with E-state index in [0.717, 1.165) is 25.9 Å². The van der Waals surface area contributed by atoms with Gasteiger partial charge in [-0.2, -0.15) is 0 Å². The van der Waals surface area contributed by atoms with E-state index in [9.17, 15) is 4.79 Å². The highest BCUT2D eigenvalue weighted by Gasteiger charge is 2.19. The molecule has 1 fully saturated rings. The number of nitrogens with one attached hydrogen (secondary N) is 1. The van der Waals surface area contributed by atoms with Crippen molar-refractivity contribution in [2.45, 2.75) is 18.9 Å². The number of nitrogens with zero attached hydrogens (tertiary/aromatic N) is 4. The van der Waals surface area contributed by atoms with E-state index >= 15 is 0 Å². The van der Waals surface area contributed by atoms with Crippen molar-refractivity contribution in [1.82, 2.24) is 15.2 Å². The maximum Gasteiger partial charge on any atom is 0.412 e. The number of anilines is 2. The molecule has 0 bridgehead atoms. The molecular formula is C18H23N7O2. The first-order valence-corrected chi connectivity index (χ1v) is 8.71. The van der Waals surface area contributed by atoms with Crippen LogP contribution < -0.4 is 21.5 Å². The molecule has 0 unspecified atom stereocenters. The summed E-state index contributed by atoms with van der Waals surface area (Å²) in [6.45, 7) is 1.90. The summed E-state index contributed by atoms with van der Waals surface area (Å²) in [5.74, 6) is 0.798. The highest BCUT2D eigenvalue weighted by atomic mass is 16.6. The van der Waals surface area contributed by atoms with Crippen LogP contribution in [0.1, 0.15) is 12.8 Å². The van der Waals surface area contributed by atoms with E-state index < -0.39 is 6.09 Å². The number of piperidine rings is 1. The van der Waals surface area contributed by atoms with E-state index in [1.807, 2.05) is 0 Å². The van der Waals surface area contributed by atoms with Crippen molar-refractivity contribution in [3.05, 3.63) is 36.4 Å². The molecule has 1 aromatic carbocycles. The van der Waals surface area contributed by atoms with E-state index in [1.165, 1.54) is 0 Å². The van der Waals surface area contributed by atoms with Crippen molar-refractivity contribution in [2.24, 2.45) is 10.2 Å². The Balaban J connectivity index is 1.66. The lowest BCUT2D eigenvalue weighted by Crippen LogP contribution is -2.44. The van der Waals surface area contributed by atoms with Gasteiger partial charge in [-0.1, -0.05) is 12.1 Å². The Morgan fingerprint density at radius 1 is 1.15 bits per heavy atom. The van der Waals surface area contributed by atoms with Gasteiger partial charge in [0, 0.05) is 6.04 Å². The summed E-state index contributed by atoms with van der Waals surface area (Å²) >= 11 is 0.